The molecule has 0 aliphatic heterocycles. The van der Waals surface area contributed by atoms with Crippen LogP contribution in [0.15, 0.2) is 23.1 Å². The lowest BCUT2D eigenvalue weighted by atomic mass is 10.1. The largest absolute Gasteiger partial charge is 0.478 e. The zero-order chi connectivity index (χ0) is 15.1. The van der Waals surface area contributed by atoms with Gasteiger partial charge in [0.15, 0.2) is 0 Å². The third-order valence-electron chi connectivity index (χ3n) is 3.72. The second-order valence-corrected chi connectivity index (χ2v) is 8.62. The third-order valence-corrected chi connectivity index (χ3v) is 6.08. The molecule has 2 rings (SSSR count). The third kappa shape index (κ3) is 3.32. The minimum atomic E-state index is -3.65. The van der Waals surface area contributed by atoms with Gasteiger partial charge in [-0.3, -0.25) is 0 Å². The van der Waals surface area contributed by atoms with E-state index in [1.54, 1.807) is 0 Å². The first-order valence-corrected chi connectivity index (χ1v) is 8.72. The zero-order valence-electron chi connectivity index (χ0n) is 11.2. The van der Waals surface area contributed by atoms with Crippen molar-refractivity contribution in [2.24, 2.45) is 11.3 Å². The Morgan fingerprint density at radius 1 is 1.50 bits per heavy atom. The number of nitrogens with one attached hydrogen (secondary N) is 1. The summed E-state index contributed by atoms with van der Waals surface area (Å²) in [5.74, 6) is -0.783. The fourth-order valence-corrected chi connectivity index (χ4v) is 3.73. The summed E-state index contributed by atoms with van der Waals surface area (Å²) >= 11 is 1.87. The van der Waals surface area contributed by atoms with E-state index in [-0.39, 0.29) is 15.9 Å². The summed E-state index contributed by atoms with van der Waals surface area (Å²) in [5.41, 5.74) is 0.195. The lowest BCUT2D eigenvalue weighted by Gasteiger charge is -2.09. The SMILES string of the molecule is CC1(C)CC1CNS(=O)(=O)c1ccc(I)c(C(=O)O)c1. The van der Waals surface area contributed by atoms with Gasteiger partial charge in [-0.1, -0.05) is 13.8 Å². The highest BCUT2D eigenvalue weighted by atomic mass is 127. The molecule has 7 heteroatoms. The number of aromatic carboxylic acids is 1. The number of carbonyl (C=O) groups is 1. The Kier molecular flexibility index (Phi) is 4.14. The Labute approximate surface area is 132 Å². The molecular weight excluding hydrogens is 393 g/mol. The topological polar surface area (TPSA) is 83.5 Å². The maximum atomic E-state index is 12.2. The van der Waals surface area contributed by atoms with Crippen LogP contribution in [0.5, 0.6) is 0 Å². The van der Waals surface area contributed by atoms with E-state index in [0.717, 1.165) is 6.42 Å². The summed E-state index contributed by atoms with van der Waals surface area (Å²) in [5, 5.41) is 9.03. The number of halogens is 1. The van der Waals surface area contributed by atoms with Crippen LogP contribution in [0.3, 0.4) is 0 Å². The molecule has 110 valence electrons. The summed E-state index contributed by atoms with van der Waals surface area (Å²) < 4.78 is 27.4. The summed E-state index contributed by atoms with van der Waals surface area (Å²) in [6.07, 6.45) is 1.00. The molecule has 0 bridgehead atoms. The van der Waals surface area contributed by atoms with Crippen LogP contribution >= 0.6 is 22.6 Å². The Bertz CT molecular complexity index is 654. The smallest absolute Gasteiger partial charge is 0.336 e. The molecule has 1 aromatic rings. The fourth-order valence-electron chi connectivity index (χ4n) is 2.05. The Hall–Kier alpha value is -0.670. The molecule has 1 unspecified atom stereocenters. The Balaban J connectivity index is 2.17. The molecule has 20 heavy (non-hydrogen) atoms. The van der Waals surface area contributed by atoms with E-state index in [1.807, 2.05) is 22.6 Å². The van der Waals surface area contributed by atoms with Crippen LogP contribution in [0.1, 0.15) is 30.6 Å². The first-order chi connectivity index (χ1) is 9.13. The van der Waals surface area contributed by atoms with E-state index >= 15 is 0 Å². The van der Waals surface area contributed by atoms with Crippen LogP contribution in [0.4, 0.5) is 0 Å². The highest BCUT2D eigenvalue weighted by molar-refractivity contribution is 14.1. The molecule has 2 N–H and O–H groups in total. The zero-order valence-corrected chi connectivity index (χ0v) is 14.2. The van der Waals surface area contributed by atoms with Crippen molar-refractivity contribution < 1.29 is 18.3 Å². The molecule has 1 fully saturated rings. The van der Waals surface area contributed by atoms with Gasteiger partial charge in [-0.2, -0.15) is 0 Å². The van der Waals surface area contributed by atoms with Crippen molar-refractivity contribution in [1.82, 2.24) is 4.72 Å². The van der Waals surface area contributed by atoms with Crippen molar-refractivity contribution in [1.29, 1.82) is 0 Å². The van der Waals surface area contributed by atoms with Gasteiger partial charge >= 0.3 is 5.97 Å². The fraction of sp³-hybridized carbons (Fsp3) is 0.462. The summed E-state index contributed by atoms with van der Waals surface area (Å²) in [6, 6.07) is 4.12. The molecule has 0 heterocycles. The van der Waals surface area contributed by atoms with Crippen molar-refractivity contribution in [3.05, 3.63) is 27.3 Å². The number of carboxylic acids is 1. The average molecular weight is 409 g/mol. The van der Waals surface area contributed by atoms with Crippen molar-refractivity contribution in [2.45, 2.75) is 25.2 Å². The molecule has 1 saturated carbocycles. The Morgan fingerprint density at radius 2 is 2.10 bits per heavy atom. The van der Waals surface area contributed by atoms with Crippen LogP contribution in [0.25, 0.3) is 0 Å². The molecular formula is C13H16INO4S. The van der Waals surface area contributed by atoms with Crippen molar-refractivity contribution >= 4 is 38.6 Å². The van der Waals surface area contributed by atoms with Gasteiger partial charge in [-0.05, 0) is 58.5 Å². The van der Waals surface area contributed by atoms with Crippen LogP contribution in [0.2, 0.25) is 0 Å². The van der Waals surface area contributed by atoms with Gasteiger partial charge in [0.2, 0.25) is 10.0 Å². The van der Waals surface area contributed by atoms with Crippen molar-refractivity contribution in [3.63, 3.8) is 0 Å². The van der Waals surface area contributed by atoms with Gasteiger partial charge < -0.3 is 5.11 Å². The molecule has 1 aliphatic rings. The number of hydrogen-bond acceptors (Lipinski definition) is 3. The van der Waals surface area contributed by atoms with Crippen molar-refractivity contribution in [2.75, 3.05) is 6.54 Å². The van der Waals surface area contributed by atoms with Gasteiger partial charge in [0.05, 0.1) is 10.5 Å². The first-order valence-electron chi connectivity index (χ1n) is 6.16. The molecule has 0 saturated heterocycles. The minimum absolute atomic E-state index is 0.000210. The van der Waals surface area contributed by atoms with Gasteiger partial charge in [0.25, 0.3) is 0 Å². The Morgan fingerprint density at radius 3 is 2.60 bits per heavy atom. The highest BCUT2D eigenvalue weighted by Crippen LogP contribution is 2.51. The predicted octanol–water partition coefficient (Wildman–Crippen LogP) is 2.31. The number of hydrogen-bond donors (Lipinski definition) is 2. The summed E-state index contributed by atoms with van der Waals surface area (Å²) in [4.78, 5) is 11.0. The van der Waals surface area contributed by atoms with Crippen molar-refractivity contribution in [3.8, 4) is 0 Å². The molecule has 0 radical (unpaired) electrons. The molecule has 0 aromatic heterocycles. The number of carboxylic acid groups (broad SMARTS) is 1. The van der Waals surface area contributed by atoms with Gasteiger partial charge in [-0.15, -0.1) is 0 Å². The second-order valence-electron chi connectivity index (χ2n) is 5.69. The van der Waals surface area contributed by atoms with Gasteiger partial charge in [-0.25, -0.2) is 17.9 Å². The first kappa shape index (κ1) is 15.7. The van der Waals surface area contributed by atoms with Crippen LogP contribution < -0.4 is 4.72 Å². The monoisotopic (exact) mass is 409 g/mol. The van der Waals surface area contributed by atoms with E-state index in [2.05, 4.69) is 18.6 Å². The van der Waals surface area contributed by atoms with E-state index in [4.69, 9.17) is 5.11 Å². The second kappa shape index (κ2) is 5.27. The maximum absolute atomic E-state index is 12.2. The van der Waals surface area contributed by atoms with Crippen LogP contribution in [-0.4, -0.2) is 26.0 Å². The predicted molar refractivity (Wildman–Crippen MR) is 83.2 cm³/mol. The quantitative estimate of drug-likeness (QED) is 0.732. The van der Waals surface area contributed by atoms with Crippen LogP contribution in [-0.2, 0) is 10.0 Å². The van der Waals surface area contributed by atoms with E-state index < -0.39 is 16.0 Å². The minimum Gasteiger partial charge on any atom is -0.478 e. The lowest BCUT2D eigenvalue weighted by Crippen LogP contribution is -2.27. The standard InChI is InChI=1S/C13H16INO4S/c1-13(2)6-8(13)7-15-20(18,19)9-3-4-11(14)10(5-9)12(16)17/h3-5,8,15H,6-7H2,1-2H3,(H,16,17). The van der Waals surface area contributed by atoms with Crippen LogP contribution in [0, 0.1) is 14.9 Å². The molecule has 0 amide bonds. The molecule has 1 aliphatic carbocycles. The molecule has 1 aromatic carbocycles. The summed E-state index contributed by atoms with van der Waals surface area (Å²) in [7, 11) is -3.65. The lowest BCUT2D eigenvalue weighted by molar-refractivity contribution is 0.0695. The molecule has 5 nitrogen and oxygen atoms in total. The normalized spacial score (nSPS) is 20.6. The summed E-state index contributed by atoms with van der Waals surface area (Å²) in [6.45, 7) is 4.59. The molecule has 1 atom stereocenters. The maximum Gasteiger partial charge on any atom is 0.336 e. The van der Waals surface area contributed by atoms with Gasteiger partial charge in [0.1, 0.15) is 0 Å². The number of rotatable bonds is 5. The van der Waals surface area contributed by atoms with E-state index in [0.29, 0.717) is 16.0 Å². The molecule has 0 spiro atoms. The van der Waals surface area contributed by atoms with E-state index in [9.17, 15) is 13.2 Å². The number of benzene rings is 1. The number of sulfonamides is 1. The highest BCUT2D eigenvalue weighted by Gasteiger charge is 2.45. The van der Waals surface area contributed by atoms with Gasteiger partial charge in [0, 0.05) is 10.1 Å². The van der Waals surface area contributed by atoms with E-state index in [1.165, 1.54) is 18.2 Å². The average Bonchev–Trinajstić information content (AvgIpc) is 2.95.